The molecule has 17 unspecified atom stereocenters. The van der Waals surface area contributed by atoms with Crippen LogP contribution in [-0.4, -0.2) is 193 Å². The molecule has 3 rings (SSSR count). The number of aliphatic hydroxyl groups is 11. The van der Waals surface area contributed by atoms with Crippen molar-refractivity contribution in [2.24, 2.45) is 0 Å². The predicted molar refractivity (Wildman–Crippen MR) is 337 cm³/mol. The van der Waals surface area contributed by atoms with E-state index in [1.807, 2.05) is 6.08 Å². The third kappa shape index (κ3) is 33.1. The summed E-state index contributed by atoms with van der Waals surface area (Å²) in [7, 11) is 0. The fourth-order valence-corrected chi connectivity index (χ4v) is 12.0. The van der Waals surface area contributed by atoms with Crippen LogP contribution < -0.4 is 5.32 Å². The zero-order valence-corrected chi connectivity index (χ0v) is 54.0. The third-order valence-corrected chi connectivity index (χ3v) is 17.8. The van der Waals surface area contributed by atoms with E-state index in [1.165, 1.54) is 199 Å². The first-order valence-corrected chi connectivity index (χ1v) is 35.1. The van der Waals surface area contributed by atoms with Gasteiger partial charge in [-0.1, -0.05) is 256 Å². The van der Waals surface area contributed by atoms with E-state index in [-0.39, 0.29) is 18.9 Å². The molecule has 19 nitrogen and oxygen atoms in total. The lowest BCUT2D eigenvalue weighted by Crippen LogP contribution is -2.66. The van der Waals surface area contributed by atoms with Crippen molar-refractivity contribution in [3.05, 3.63) is 24.3 Å². The highest BCUT2D eigenvalue weighted by atomic mass is 16.8. The number of hydrogen-bond acceptors (Lipinski definition) is 18. The van der Waals surface area contributed by atoms with E-state index in [9.17, 15) is 61.0 Å². The van der Waals surface area contributed by atoms with Gasteiger partial charge in [0.05, 0.1) is 38.6 Å². The second-order valence-corrected chi connectivity index (χ2v) is 25.3. The maximum Gasteiger partial charge on any atom is 0.220 e. The lowest BCUT2D eigenvalue weighted by atomic mass is 9.96. The minimum absolute atomic E-state index is 0.239. The minimum atomic E-state index is -1.98. The lowest BCUT2D eigenvalue weighted by molar-refractivity contribution is -0.379. The van der Waals surface area contributed by atoms with E-state index in [2.05, 4.69) is 31.3 Å². The average molecular weight is 1250 g/mol. The normalized spacial score (nSPS) is 28.7. The summed E-state index contributed by atoms with van der Waals surface area (Å²) in [5.41, 5.74) is 0. The topological polar surface area (TPSA) is 307 Å². The molecule has 17 atom stereocenters. The maximum absolute atomic E-state index is 13.3. The van der Waals surface area contributed by atoms with Gasteiger partial charge in [-0.15, -0.1) is 0 Å². The zero-order valence-electron chi connectivity index (χ0n) is 54.0. The molecule has 1 amide bonds. The van der Waals surface area contributed by atoms with Crippen molar-refractivity contribution in [2.75, 3.05) is 26.4 Å². The van der Waals surface area contributed by atoms with Gasteiger partial charge in [-0.2, -0.15) is 0 Å². The largest absolute Gasteiger partial charge is 0.394 e. The van der Waals surface area contributed by atoms with Crippen molar-refractivity contribution in [3.8, 4) is 0 Å². The monoisotopic (exact) mass is 1250 g/mol. The molecule has 3 aliphatic heterocycles. The second-order valence-electron chi connectivity index (χ2n) is 25.3. The number of allylic oxidation sites excluding steroid dienone is 3. The molecule has 0 aromatic rings. The molecule has 0 radical (unpaired) electrons. The molecule has 87 heavy (non-hydrogen) atoms. The van der Waals surface area contributed by atoms with Gasteiger partial charge in [-0.05, 0) is 32.1 Å². The summed E-state index contributed by atoms with van der Waals surface area (Å²) < 4.78 is 34.3. The van der Waals surface area contributed by atoms with Crippen LogP contribution >= 0.6 is 0 Å². The molecule has 3 aliphatic rings. The van der Waals surface area contributed by atoms with Crippen molar-refractivity contribution in [1.82, 2.24) is 5.32 Å². The number of amides is 1. The average Bonchev–Trinajstić information content (AvgIpc) is 1.23. The third-order valence-electron chi connectivity index (χ3n) is 17.8. The first-order valence-electron chi connectivity index (χ1n) is 35.1. The van der Waals surface area contributed by atoms with Gasteiger partial charge in [0.1, 0.15) is 73.2 Å². The van der Waals surface area contributed by atoms with Crippen LogP contribution in [0.5, 0.6) is 0 Å². The van der Waals surface area contributed by atoms with Crippen molar-refractivity contribution in [1.29, 1.82) is 0 Å². The van der Waals surface area contributed by atoms with Crippen LogP contribution in [0.3, 0.4) is 0 Å². The number of unbranched alkanes of at least 4 members (excludes halogenated alkanes) is 36. The van der Waals surface area contributed by atoms with Crippen LogP contribution in [-0.2, 0) is 33.2 Å². The molecular weight excluding hydrogens is 1120 g/mol. The number of hydrogen-bond donors (Lipinski definition) is 12. The van der Waals surface area contributed by atoms with Crippen LogP contribution in [0.4, 0.5) is 0 Å². The minimum Gasteiger partial charge on any atom is -0.394 e. The molecule has 3 saturated heterocycles. The van der Waals surface area contributed by atoms with Crippen molar-refractivity contribution < 1.29 is 89.4 Å². The van der Waals surface area contributed by atoms with E-state index < -0.39 is 124 Å². The van der Waals surface area contributed by atoms with Crippen LogP contribution in [0.15, 0.2) is 24.3 Å². The molecule has 12 N–H and O–H groups in total. The van der Waals surface area contributed by atoms with Gasteiger partial charge in [0.25, 0.3) is 0 Å². The summed E-state index contributed by atoms with van der Waals surface area (Å²) in [6.07, 6.45) is 30.5. The predicted octanol–water partition coefficient (Wildman–Crippen LogP) is 9.05. The van der Waals surface area contributed by atoms with E-state index in [0.717, 1.165) is 38.5 Å². The number of nitrogens with one attached hydrogen (secondary N) is 1. The van der Waals surface area contributed by atoms with Crippen LogP contribution in [0.25, 0.3) is 0 Å². The molecule has 0 bridgehead atoms. The molecular formula is C68H127NO18. The van der Waals surface area contributed by atoms with Gasteiger partial charge < -0.3 is 89.9 Å². The molecule has 0 aromatic carbocycles. The Kier molecular flexibility index (Phi) is 46.4. The Morgan fingerprint density at radius 2 is 0.736 bits per heavy atom. The van der Waals surface area contributed by atoms with Crippen LogP contribution in [0, 0.1) is 0 Å². The lowest BCUT2D eigenvalue weighted by Gasteiger charge is -2.48. The van der Waals surface area contributed by atoms with E-state index in [1.54, 1.807) is 6.08 Å². The molecule has 512 valence electrons. The highest BCUT2D eigenvalue weighted by Gasteiger charge is 2.53. The summed E-state index contributed by atoms with van der Waals surface area (Å²) in [5.74, 6) is -0.283. The quantitative estimate of drug-likeness (QED) is 0.0200. The summed E-state index contributed by atoms with van der Waals surface area (Å²) in [5, 5.41) is 120. The smallest absolute Gasteiger partial charge is 0.220 e. The first kappa shape index (κ1) is 79.5. The molecule has 3 fully saturated rings. The van der Waals surface area contributed by atoms with Gasteiger partial charge >= 0.3 is 0 Å². The van der Waals surface area contributed by atoms with Crippen molar-refractivity contribution in [3.63, 3.8) is 0 Å². The molecule has 0 aromatic heterocycles. The second kappa shape index (κ2) is 50.8. The Hall–Kier alpha value is -1.73. The SMILES string of the molecule is CCCCCCCCCCCCCCCCCCCCCCCCCC/C=C/CC/C=C/C(O)C(COC1OC(CO)C(OC2OC(CO)C(OC3OC(CO)C(O)C(O)C3O)C(O)C2O)C(O)C1O)NC(=O)CCCCCCCCCCCCCC. The van der Waals surface area contributed by atoms with Gasteiger partial charge in [-0.3, -0.25) is 4.79 Å². The van der Waals surface area contributed by atoms with Gasteiger partial charge in [-0.25, -0.2) is 0 Å². The summed E-state index contributed by atoms with van der Waals surface area (Å²) in [6, 6.07) is -0.986. The van der Waals surface area contributed by atoms with E-state index in [4.69, 9.17) is 28.4 Å². The summed E-state index contributed by atoms with van der Waals surface area (Å²) in [6.45, 7) is 1.73. The molecule has 0 saturated carbocycles. The number of aliphatic hydroxyl groups excluding tert-OH is 11. The van der Waals surface area contributed by atoms with Gasteiger partial charge in [0.2, 0.25) is 5.91 Å². The fourth-order valence-electron chi connectivity index (χ4n) is 12.0. The highest BCUT2D eigenvalue weighted by Crippen LogP contribution is 2.33. The summed E-state index contributed by atoms with van der Waals surface area (Å²) >= 11 is 0. The zero-order chi connectivity index (χ0) is 63.3. The van der Waals surface area contributed by atoms with Crippen molar-refractivity contribution >= 4 is 5.91 Å². The van der Waals surface area contributed by atoms with Crippen molar-refractivity contribution in [2.45, 2.75) is 375 Å². The molecule has 0 spiro atoms. The van der Waals surface area contributed by atoms with Crippen LogP contribution in [0.1, 0.15) is 271 Å². The Morgan fingerprint density at radius 1 is 0.402 bits per heavy atom. The van der Waals surface area contributed by atoms with Gasteiger partial charge in [0, 0.05) is 6.42 Å². The number of ether oxygens (including phenoxy) is 6. The number of carbonyl (C=O) groups is 1. The van der Waals surface area contributed by atoms with Gasteiger partial charge in [0.15, 0.2) is 18.9 Å². The number of carbonyl (C=O) groups excluding carboxylic acids is 1. The fraction of sp³-hybridized carbons (Fsp3) is 0.926. The first-order chi connectivity index (χ1) is 42.3. The highest BCUT2D eigenvalue weighted by molar-refractivity contribution is 5.76. The Balaban J connectivity index is 1.40. The molecule has 0 aliphatic carbocycles. The van der Waals surface area contributed by atoms with E-state index in [0.29, 0.717) is 12.8 Å². The Bertz CT molecular complexity index is 1680. The Labute approximate surface area is 524 Å². The van der Waals surface area contributed by atoms with E-state index >= 15 is 0 Å². The van der Waals surface area contributed by atoms with Crippen LogP contribution in [0.2, 0.25) is 0 Å². The molecule has 19 heteroatoms. The Morgan fingerprint density at radius 3 is 1.15 bits per heavy atom. The summed E-state index contributed by atoms with van der Waals surface area (Å²) in [4.78, 5) is 13.3. The maximum atomic E-state index is 13.3. The standard InChI is InChI=1S/C68H127NO18/c1-3-5-7-9-11-13-15-17-18-19-20-21-22-23-24-25-26-27-28-29-30-31-32-33-34-35-37-39-41-43-45-52(73)51(69-56(74)46-44-42-40-38-36-16-14-12-10-8-6-4-2)50-82-66-62(80)59(77)64(54(48-71)84-66)87-68-63(81)60(78)65(55(49-72)85-68)86-67-61(79)58(76)57(75)53(47-70)83-67/h35,37,43,45,51-55,57-68,70-73,75-81H,3-34,36,38-42,44,46-50H2,1-2H3,(H,69,74)/b37-35+,45-43+. The number of rotatable bonds is 54. The molecule has 3 heterocycles.